The van der Waals surface area contributed by atoms with Crippen LogP contribution in [0.2, 0.25) is 0 Å². The van der Waals surface area contributed by atoms with Gasteiger partial charge in [0, 0.05) is 16.7 Å². The van der Waals surface area contributed by atoms with Crippen molar-refractivity contribution in [2.45, 2.75) is 57.3 Å². The Balaban J connectivity index is 1.08. The van der Waals surface area contributed by atoms with Gasteiger partial charge in [-0.2, -0.15) is 0 Å². The van der Waals surface area contributed by atoms with Crippen molar-refractivity contribution in [3.8, 4) is 33.4 Å². The largest absolute Gasteiger partial charge is 0.238 e. The van der Waals surface area contributed by atoms with Crippen LogP contribution < -0.4 is 0 Å². The van der Waals surface area contributed by atoms with Crippen LogP contribution >= 0.6 is 0 Å². The average molecular weight is 659 g/mol. The molecule has 248 valence electrons. The first-order valence-corrected chi connectivity index (χ1v) is 18.5. The fourth-order valence-corrected chi connectivity index (χ4v) is 8.69. The predicted octanol–water partition coefficient (Wildman–Crippen LogP) is 12.5. The molecule has 1 heterocycles. The molecule has 0 radical (unpaired) electrons. The van der Waals surface area contributed by atoms with Gasteiger partial charge in [0.05, 0.1) is 5.70 Å². The standard InChI is InChI=1S/C49H42N2/c1-49(2)43-22-12-11-21-42(43)47-44(49)31-30-36-28-29-38(40-19-9-10-20-41(40)46(36)47)32-39-18-13-23-45(51-48(50-39)37-16-7-4-8-17-37)35-26-24-34(25-27-35)33-14-5-3-6-15-33/h3-12,14-17,19-27,30-31,38H,13,18,28-29,32H2,1-2H3/b45-23-,50-39?,51-48?. The smallest absolute Gasteiger partial charge is 0.159 e. The molecular weight excluding hydrogens is 617 g/mol. The molecule has 0 saturated heterocycles. The van der Waals surface area contributed by atoms with Crippen LogP contribution in [0.3, 0.4) is 0 Å². The van der Waals surface area contributed by atoms with E-state index < -0.39 is 0 Å². The summed E-state index contributed by atoms with van der Waals surface area (Å²) >= 11 is 0. The van der Waals surface area contributed by atoms with Crippen molar-refractivity contribution >= 4 is 17.2 Å². The van der Waals surface area contributed by atoms with E-state index in [-0.39, 0.29) is 5.41 Å². The molecular formula is C49H42N2. The van der Waals surface area contributed by atoms with Gasteiger partial charge in [0.2, 0.25) is 0 Å². The zero-order chi connectivity index (χ0) is 34.4. The lowest BCUT2D eigenvalue weighted by Gasteiger charge is -2.23. The van der Waals surface area contributed by atoms with Gasteiger partial charge in [-0.05, 0) is 99.2 Å². The van der Waals surface area contributed by atoms with Crippen molar-refractivity contribution in [2.24, 2.45) is 9.98 Å². The molecule has 51 heavy (non-hydrogen) atoms. The zero-order valence-corrected chi connectivity index (χ0v) is 29.4. The van der Waals surface area contributed by atoms with Crippen LogP contribution in [0.5, 0.6) is 0 Å². The fraction of sp³-hybridized carbons (Fsp3) is 0.184. The number of benzene rings is 6. The Morgan fingerprint density at radius 2 is 1.20 bits per heavy atom. The van der Waals surface area contributed by atoms with E-state index in [0.29, 0.717) is 5.92 Å². The highest BCUT2D eigenvalue weighted by atomic mass is 14.9. The Hall–Kier alpha value is -5.60. The number of amidine groups is 1. The predicted molar refractivity (Wildman–Crippen MR) is 215 cm³/mol. The summed E-state index contributed by atoms with van der Waals surface area (Å²) in [5, 5.41) is 0. The zero-order valence-electron chi connectivity index (χ0n) is 29.4. The monoisotopic (exact) mass is 658 g/mol. The minimum atomic E-state index is -0.0152. The molecule has 0 fully saturated rings. The van der Waals surface area contributed by atoms with Crippen molar-refractivity contribution in [3.05, 3.63) is 185 Å². The highest BCUT2D eigenvalue weighted by Gasteiger charge is 2.38. The maximum atomic E-state index is 5.43. The van der Waals surface area contributed by atoms with Gasteiger partial charge in [0.25, 0.3) is 0 Å². The first-order valence-electron chi connectivity index (χ1n) is 18.5. The molecule has 3 aliphatic rings. The average Bonchev–Trinajstić information content (AvgIpc) is 3.29. The highest BCUT2D eigenvalue weighted by molar-refractivity contribution is 6.09. The van der Waals surface area contributed by atoms with Crippen LogP contribution in [0, 0.1) is 0 Å². The number of nitrogens with zero attached hydrogens (tertiary/aromatic N) is 2. The fourth-order valence-electron chi connectivity index (χ4n) is 8.69. The molecule has 1 atom stereocenters. The van der Waals surface area contributed by atoms with Crippen LogP contribution in [0.4, 0.5) is 0 Å². The lowest BCUT2D eigenvalue weighted by molar-refractivity contribution is 0.648. The number of rotatable bonds is 5. The van der Waals surface area contributed by atoms with E-state index in [2.05, 4.69) is 166 Å². The SMILES string of the molecule is CC1(C)c2ccccc2-c2c1ccc1c2-c2ccccc2C(CC2=NC(c3ccccc3)=N/C(c3ccc(-c4ccccc4)cc3)=C\CC2)CC1. The number of aryl methyl sites for hydroxylation is 1. The third-order valence-electron chi connectivity index (χ3n) is 11.3. The number of allylic oxidation sites excluding steroid dienone is 1. The Bertz CT molecular complexity index is 2340. The number of fused-ring (bicyclic) bond motifs is 7. The van der Waals surface area contributed by atoms with Crippen LogP contribution in [-0.4, -0.2) is 11.5 Å². The topological polar surface area (TPSA) is 24.7 Å². The summed E-state index contributed by atoms with van der Waals surface area (Å²) in [5.41, 5.74) is 18.3. The van der Waals surface area contributed by atoms with Gasteiger partial charge in [-0.15, -0.1) is 0 Å². The van der Waals surface area contributed by atoms with E-state index in [1.54, 1.807) is 0 Å². The summed E-state index contributed by atoms with van der Waals surface area (Å²) in [6, 6.07) is 52.9. The highest BCUT2D eigenvalue weighted by Crippen LogP contribution is 2.55. The second kappa shape index (κ2) is 12.9. The van der Waals surface area contributed by atoms with E-state index >= 15 is 0 Å². The van der Waals surface area contributed by atoms with E-state index in [0.717, 1.165) is 54.8 Å². The maximum Gasteiger partial charge on any atom is 0.159 e. The molecule has 0 saturated carbocycles. The lowest BCUT2D eigenvalue weighted by Crippen LogP contribution is -2.15. The first kappa shape index (κ1) is 31.4. The Labute approximate surface area is 302 Å². The van der Waals surface area contributed by atoms with Crippen molar-refractivity contribution in [2.75, 3.05) is 0 Å². The van der Waals surface area contributed by atoms with Crippen LogP contribution in [0.25, 0.3) is 39.1 Å². The maximum absolute atomic E-state index is 5.43. The van der Waals surface area contributed by atoms with Gasteiger partial charge in [-0.25, -0.2) is 9.98 Å². The molecule has 6 aromatic rings. The Morgan fingerprint density at radius 3 is 1.98 bits per heavy atom. The van der Waals surface area contributed by atoms with Gasteiger partial charge in [0.15, 0.2) is 5.84 Å². The van der Waals surface area contributed by atoms with E-state index in [4.69, 9.17) is 9.98 Å². The molecule has 2 nitrogen and oxygen atoms in total. The summed E-state index contributed by atoms with van der Waals surface area (Å²) in [4.78, 5) is 10.7. The summed E-state index contributed by atoms with van der Waals surface area (Å²) in [5.74, 6) is 1.17. The van der Waals surface area contributed by atoms with Gasteiger partial charge < -0.3 is 0 Å². The third-order valence-corrected chi connectivity index (χ3v) is 11.3. The minimum absolute atomic E-state index is 0.0152. The van der Waals surface area contributed by atoms with Crippen LogP contribution in [0.1, 0.15) is 78.8 Å². The summed E-state index contributed by atoms with van der Waals surface area (Å²) in [6.45, 7) is 4.77. The molecule has 1 aliphatic heterocycles. The molecule has 0 amide bonds. The normalized spacial score (nSPS) is 18.3. The lowest BCUT2D eigenvalue weighted by atomic mass is 9.81. The molecule has 0 N–H and O–H groups in total. The quantitative estimate of drug-likeness (QED) is 0.176. The summed E-state index contributed by atoms with van der Waals surface area (Å²) in [7, 11) is 0. The molecule has 2 aliphatic carbocycles. The van der Waals surface area contributed by atoms with Gasteiger partial charge in [-0.1, -0.05) is 166 Å². The molecule has 0 spiro atoms. The van der Waals surface area contributed by atoms with Crippen LogP contribution in [-0.2, 0) is 11.8 Å². The second-order valence-electron chi connectivity index (χ2n) is 14.8. The second-order valence-corrected chi connectivity index (χ2v) is 14.8. The molecule has 9 rings (SSSR count). The molecule has 0 bridgehead atoms. The van der Waals surface area contributed by atoms with Crippen LogP contribution in [0.15, 0.2) is 162 Å². The van der Waals surface area contributed by atoms with E-state index in [9.17, 15) is 0 Å². The van der Waals surface area contributed by atoms with Gasteiger partial charge >= 0.3 is 0 Å². The Kier molecular flexibility index (Phi) is 7.96. The van der Waals surface area contributed by atoms with Crippen molar-refractivity contribution in [3.63, 3.8) is 0 Å². The van der Waals surface area contributed by atoms with Crippen molar-refractivity contribution in [1.82, 2.24) is 0 Å². The Morgan fingerprint density at radius 1 is 0.549 bits per heavy atom. The molecule has 6 aromatic carbocycles. The molecule has 0 aromatic heterocycles. The minimum Gasteiger partial charge on any atom is -0.238 e. The van der Waals surface area contributed by atoms with Gasteiger partial charge in [-0.3, -0.25) is 0 Å². The molecule has 1 unspecified atom stereocenters. The third kappa shape index (κ3) is 5.69. The van der Waals surface area contributed by atoms with Gasteiger partial charge in [0.1, 0.15) is 0 Å². The van der Waals surface area contributed by atoms with Crippen molar-refractivity contribution in [1.29, 1.82) is 0 Å². The van der Waals surface area contributed by atoms with E-state index in [1.165, 1.54) is 61.3 Å². The molecule has 2 heteroatoms. The van der Waals surface area contributed by atoms with Crippen molar-refractivity contribution < 1.29 is 0 Å². The first-order chi connectivity index (χ1) is 25.0. The number of aliphatic imine (C=N–C) groups is 2. The summed E-state index contributed by atoms with van der Waals surface area (Å²) < 4.78 is 0. The summed E-state index contributed by atoms with van der Waals surface area (Å²) in [6.07, 6.45) is 7.22. The number of hydrogen-bond acceptors (Lipinski definition) is 2. The number of hydrogen-bond donors (Lipinski definition) is 0. The van der Waals surface area contributed by atoms with E-state index in [1.807, 2.05) is 0 Å².